The zero-order valence-corrected chi connectivity index (χ0v) is 14.0. The molecule has 0 saturated carbocycles. The van der Waals surface area contributed by atoms with Gasteiger partial charge in [-0.15, -0.1) is 0 Å². The minimum Gasteiger partial charge on any atom is -0.394 e. The van der Waals surface area contributed by atoms with Gasteiger partial charge in [0.1, 0.15) is 12.3 Å². The fraction of sp³-hybridized carbons (Fsp3) is 0.562. The highest BCUT2D eigenvalue weighted by atomic mass is 16.5. The summed E-state index contributed by atoms with van der Waals surface area (Å²) in [5.74, 6) is 6.71. The summed E-state index contributed by atoms with van der Waals surface area (Å²) in [4.78, 5) is 12.6. The van der Waals surface area contributed by atoms with Gasteiger partial charge in [-0.2, -0.15) is 9.97 Å². The second-order valence-electron chi connectivity index (χ2n) is 5.96. The number of aliphatic hydroxyl groups is 2. The summed E-state index contributed by atoms with van der Waals surface area (Å²) >= 11 is 0. The molecule has 6 N–H and O–H groups in total. The standard InChI is InChI=1S/C16H22N6O3/c1-2-3-4-5-6-11-19-13-14(17)20-16(18)21-15(13)22(11)12-7-9(24)10(8-23)25-12/h9-10,12,23-24H,2-4,7-8H2,1H3,(H4,17,18,20,21). The zero-order chi connectivity index (χ0) is 18.0. The molecule has 0 aliphatic carbocycles. The number of aliphatic hydroxyl groups excluding tert-OH is 2. The number of hydrogen-bond acceptors (Lipinski definition) is 8. The van der Waals surface area contributed by atoms with Crippen LogP contribution in [0.4, 0.5) is 11.8 Å². The van der Waals surface area contributed by atoms with Crippen LogP contribution < -0.4 is 11.5 Å². The van der Waals surface area contributed by atoms with Crippen LogP contribution in [0.5, 0.6) is 0 Å². The minimum absolute atomic E-state index is 0.0221. The third-order valence-electron chi connectivity index (χ3n) is 4.11. The molecule has 9 heteroatoms. The molecule has 2 aromatic rings. The molecule has 1 aliphatic rings. The molecule has 0 bridgehead atoms. The molecule has 9 nitrogen and oxygen atoms in total. The molecular formula is C16H22N6O3. The highest BCUT2D eigenvalue weighted by Crippen LogP contribution is 2.33. The summed E-state index contributed by atoms with van der Waals surface area (Å²) in [5.41, 5.74) is 12.4. The van der Waals surface area contributed by atoms with Crippen molar-refractivity contribution in [3.63, 3.8) is 0 Å². The van der Waals surface area contributed by atoms with Crippen molar-refractivity contribution in [2.75, 3.05) is 18.1 Å². The van der Waals surface area contributed by atoms with Crippen LogP contribution in [-0.4, -0.2) is 48.5 Å². The number of rotatable bonds is 4. The van der Waals surface area contributed by atoms with Gasteiger partial charge in [0.2, 0.25) is 5.95 Å². The molecule has 3 unspecified atom stereocenters. The smallest absolute Gasteiger partial charge is 0.224 e. The molecule has 25 heavy (non-hydrogen) atoms. The lowest BCUT2D eigenvalue weighted by Gasteiger charge is -2.15. The Bertz CT molecular complexity index is 825. The molecule has 3 atom stereocenters. The van der Waals surface area contributed by atoms with Crippen molar-refractivity contribution in [1.29, 1.82) is 0 Å². The van der Waals surface area contributed by atoms with Crippen molar-refractivity contribution in [3.05, 3.63) is 5.82 Å². The number of aromatic nitrogens is 4. The first-order valence-electron chi connectivity index (χ1n) is 8.29. The van der Waals surface area contributed by atoms with E-state index in [1.807, 2.05) is 0 Å². The van der Waals surface area contributed by atoms with E-state index < -0.39 is 18.4 Å². The molecular weight excluding hydrogens is 324 g/mol. The van der Waals surface area contributed by atoms with E-state index in [9.17, 15) is 10.2 Å². The third-order valence-corrected chi connectivity index (χ3v) is 4.11. The number of ether oxygens (including phenoxy) is 1. The number of fused-ring (bicyclic) bond motifs is 1. The van der Waals surface area contributed by atoms with Gasteiger partial charge in [0.25, 0.3) is 0 Å². The van der Waals surface area contributed by atoms with Crippen molar-refractivity contribution >= 4 is 22.9 Å². The fourth-order valence-corrected chi connectivity index (χ4v) is 2.82. The summed E-state index contributed by atoms with van der Waals surface area (Å²) < 4.78 is 7.40. The van der Waals surface area contributed by atoms with Gasteiger partial charge in [0.15, 0.2) is 22.8 Å². The molecule has 1 saturated heterocycles. The van der Waals surface area contributed by atoms with Crippen molar-refractivity contribution in [2.24, 2.45) is 0 Å². The second kappa shape index (κ2) is 7.23. The fourth-order valence-electron chi connectivity index (χ4n) is 2.82. The first-order valence-corrected chi connectivity index (χ1v) is 8.29. The minimum atomic E-state index is -0.787. The van der Waals surface area contributed by atoms with E-state index in [2.05, 4.69) is 33.7 Å². The van der Waals surface area contributed by atoms with Crippen LogP contribution in [0, 0.1) is 11.8 Å². The molecule has 1 fully saturated rings. The average Bonchev–Trinajstić information content (AvgIpc) is 3.11. The van der Waals surface area contributed by atoms with E-state index in [0.717, 1.165) is 19.3 Å². The molecule has 0 aromatic carbocycles. The van der Waals surface area contributed by atoms with Crippen LogP contribution in [0.25, 0.3) is 11.2 Å². The van der Waals surface area contributed by atoms with Gasteiger partial charge in [-0.25, -0.2) is 4.98 Å². The number of nitrogens with zero attached hydrogens (tertiary/aromatic N) is 4. The monoisotopic (exact) mass is 346 g/mol. The Balaban J connectivity index is 2.08. The number of unbranched alkanes of at least 4 members (excludes halogenated alkanes) is 2. The molecule has 0 radical (unpaired) electrons. The lowest BCUT2D eigenvalue weighted by atomic mass is 10.2. The van der Waals surface area contributed by atoms with Crippen LogP contribution in [0.2, 0.25) is 0 Å². The summed E-state index contributed by atoms with van der Waals surface area (Å²) in [5, 5.41) is 19.4. The Morgan fingerprint density at radius 3 is 2.80 bits per heavy atom. The summed E-state index contributed by atoms with van der Waals surface area (Å²) in [6.45, 7) is 1.82. The van der Waals surface area contributed by atoms with E-state index >= 15 is 0 Å². The van der Waals surface area contributed by atoms with Gasteiger partial charge in [-0.1, -0.05) is 19.3 Å². The molecule has 3 rings (SSSR count). The second-order valence-corrected chi connectivity index (χ2v) is 5.96. The van der Waals surface area contributed by atoms with E-state index in [0.29, 0.717) is 17.0 Å². The lowest BCUT2D eigenvalue weighted by molar-refractivity contribution is -0.0434. The molecule has 1 aliphatic heterocycles. The number of nitrogen functional groups attached to an aromatic ring is 2. The van der Waals surface area contributed by atoms with Crippen molar-refractivity contribution < 1.29 is 14.9 Å². The van der Waals surface area contributed by atoms with Crippen LogP contribution in [0.15, 0.2) is 0 Å². The number of nitrogens with two attached hydrogens (primary N) is 2. The molecule has 3 heterocycles. The lowest BCUT2D eigenvalue weighted by Crippen LogP contribution is -2.24. The first-order chi connectivity index (χ1) is 12.0. The number of hydrogen-bond donors (Lipinski definition) is 4. The predicted octanol–water partition coefficient (Wildman–Crippen LogP) is 0.173. The van der Waals surface area contributed by atoms with Gasteiger partial charge in [0, 0.05) is 12.8 Å². The van der Waals surface area contributed by atoms with E-state index in [-0.39, 0.29) is 24.8 Å². The van der Waals surface area contributed by atoms with Crippen LogP contribution in [0.1, 0.15) is 44.7 Å². The maximum atomic E-state index is 10.0. The topological polar surface area (TPSA) is 145 Å². The Labute approximate surface area is 145 Å². The number of anilines is 2. The third kappa shape index (κ3) is 3.37. The quantitative estimate of drug-likeness (QED) is 0.453. The Kier molecular flexibility index (Phi) is 5.03. The summed E-state index contributed by atoms with van der Waals surface area (Å²) in [7, 11) is 0. The van der Waals surface area contributed by atoms with Gasteiger partial charge in [0.05, 0.1) is 12.7 Å². The van der Waals surface area contributed by atoms with Gasteiger partial charge in [-0.05, 0) is 12.3 Å². The molecule has 134 valence electrons. The van der Waals surface area contributed by atoms with E-state index in [4.69, 9.17) is 16.2 Å². The maximum Gasteiger partial charge on any atom is 0.224 e. The number of imidazole rings is 1. The maximum absolute atomic E-state index is 10.0. The molecule has 0 spiro atoms. The molecule has 2 aromatic heterocycles. The Hall–Kier alpha value is -2.41. The van der Waals surface area contributed by atoms with Crippen LogP contribution >= 0.6 is 0 Å². The zero-order valence-electron chi connectivity index (χ0n) is 14.0. The summed E-state index contributed by atoms with van der Waals surface area (Å²) in [6.07, 6.45) is 1.05. The van der Waals surface area contributed by atoms with Gasteiger partial charge < -0.3 is 26.4 Å². The average molecular weight is 346 g/mol. The first kappa shape index (κ1) is 17.4. The van der Waals surface area contributed by atoms with Gasteiger partial charge >= 0.3 is 0 Å². The largest absolute Gasteiger partial charge is 0.394 e. The SMILES string of the molecule is CCCCC#Cc1nc2c(N)nc(N)nc2n1C1CC(O)C(CO)O1. The normalized spacial score (nSPS) is 22.9. The van der Waals surface area contributed by atoms with E-state index in [1.54, 1.807) is 4.57 Å². The molecule has 0 amide bonds. The predicted molar refractivity (Wildman–Crippen MR) is 92.2 cm³/mol. The Morgan fingerprint density at radius 1 is 1.32 bits per heavy atom. The van der Waals surface area contributed by atoms with E-state index in [1.165, 1.54) is 0 Å². The Morgan fingerprint density at radius 2 is 2.12 bits per heavy atom. The highest BCUT2D eigenvalue weighted by molar-refractivity contribution is 5.84. The van der Waals surface area contributed by atoms with Crippen molar-refractivity contribution in [1.82, 2.24) is 19.5 Å². The van der Waals surface area contributed by atoms with Crippen LogP contribution in [-0.2, 0) is 4.74 Å². The van der Waals surface area contributed by atoms with Crippen LogP contribution in [0.3, 0.4) is 0 Å². The van der Waals surface area contributed by atoms with Crippen molar-refractivity contribution in [3.8, 4) is 11.8 Å². The van der Waals surface area contributed by atoms with Gasteiger partial charge in [-0.3, -0.25) is 4.57 Å². The van der Waals surface area contributed by atoms with Crippen molar-refractivity contribution in [2.45, 2.75) is 51.0 Å². The highest BCUT2D eigenvalue weighted by Gasteiger charge is 2.36. The summed E-state index contributed by atoms with van der Waals surface area (Å²) in [6, 6.07) is 0.